The molecule has 0 aliphatic rings. The molecule has 18 heavy (non-hydrogen) atoms. The number of rotatable bonds is 5. The van der Waals surface area contributed by atoms with Crippen LogP contribution in [0.4, 0.5) is 5.69 Å². The molecule has 6 nitrogen and oxygen atoms in total. The predicted molar refractivity (Wildman–Crippen MR) is 63.7 cm³/mol. The van der Waals surface area contributed by atoms with Gasteiger partial charge in [0.2, 0.25) is 0 Å². The lowest BCUT2D eigenvalue weighted by atomic mass is 10.3. The van der Waals surface area contributed by atoms with Crippen molar-refractivity contribution >= 4 is 17.6 Å². The summed E-state index contributed by atoms with van der Waals surface area (Å²) < 4.78 is 15.0. The lowest BCUT2D eigenvalue weighted by molar-refractivity contribution is -0.174. The molecule has 1 atom stereocenters. The van der Waals surface area contributed by atoms with Crippen molar-refractivity contribution in [3.05, 3.63) is 24.3 Å². The van der Waals surface area contributed by atoms with Crippen LogP contribution in [-0.2, 0) is 19.1 Å². The van der Waals surface area contributed by atoms with E-state index >= 15 is 0 Å². The van der Waals surface area contributed by atoms with E-state index in [-0.39, 0.29) is 6.61 Å². The predicted octanol–water partition coefficient (Wildman–Crippen LogP) is 1.10. The quantitative estimate of drug-likeness (QED) is 0.480. The Bertz CT molecular complexity index is 432. The Morgan fingerprint density at radius 1 is 1.28 bits per heavy atom. The highest BCUT2D eigenvalue weighted by Crippen LogP contribution is 2.16. The van der Waals surface area contributed by atoms with E-state index in [1.54, 1.807) is 24.3 Å². The van der Waals surface area contributed by atoms with Crippen molar-refractivity contribution in [2.24, 2.45) is 0 Å². The van der Waals surface area contributed by atoms with Crippen molar-refractivity contribution < 1.29 is 23.8 Å². The molecule has 98 valence electrons. The molecule has 0 fully saturated rings. The van der Waals surface area contributed by atoms with E-state index in [2.05, 4.69) is 0 Å². The van der Waals surface area contributed by atoms with E-state index in [1.165, 1.54) is 13.8 Å². The number of carbonyl (C=O) groups excluding carboxylic acids is 2. The zero-order chi connectivity index (χ0) is 13.5. The minimum Gasteiger partial charge on any atom is -0.458 e. The summed E-state index contributed by atoms with van der Waals surface area (Å²) in [6, 6.07) is 6.62. The second-order valence-electron chi connectivity index (χ2n) is 3.53. The van der Waals surface area contributed by atoms with Gasteiger partial charge in [0, 0.05) is 25.6 Å². The number of esters is 2. The highest BCUT2D eigenvalue weighted by Gasteiger charge is 2.15. The van der Waals surface area contributed by atoms with E-state index in [9.17, 15) is 9.59 Å². The van der Waals surface area contributed by atoms with Gasteiger partial charge in [0.15, 0.2) is 6.61 Å². The number of hydrogen-bond acceptors (Lipinski definition) is 6. The molecule has 6 heteroatoms. The number of hydrogen-bond donors (Lipinski definition) is 1. The molecule has 0 bridgehead atoms. The van der Waals surface area contributed by atoms with Gasteiger partial charge in [-0.25, -0.2) is 0 Å². The highest BCUT2D eigenvalue weighted by atomic mass is 16.7. The Morgan fingerprint density at radius 3 is 2.56 bits per heavy atom. The van der Waals surface area contributed by atoms with Crippen molar-refractivity contribution in [2.45, 2.75) is 20.1 Å². The molecular formula is C12H15NO5. The highest BCUT2D eigenvalue weighted by molar-refractivity contribution is 5.67. The van der Waals surface area contributed by atoms with E-state index in [0.717, 1.165) is 0 Å². The minimum atomic E-state index is -0.992. The summed E-state index contributed by atoms with van der Waals surface area (Å²) in [4.78, 5) is 21.6. The van der Waals surface area contributed by atoms with Crippen LogP contribution in [0.2, 0.25) is 0 Å². The molecule has 0 saturated carbocycles. The van der Waals surface area contributed by atoms with Crippen LogP contribution in [-0.4, -0.2) is 24.8 Å². The average Bonchev–Trinajstić information content (AvgIpc) is 2.25. The van der Waals surface area contributed by atoms with E-state index in [0.29, 0.717) is 11.4 Å². The molecule has 1 aromatic rings. The zero-order valence-corrected chi connectivity index (χ0v) is 10.2. The molecule has 2 N–H and O–H groups in total. The van der Waals surface area contributed by atoms with Gasteiger partial charge >= 0.3 is 11.9 Å². The minimum absolute atomic E-state index is 0.177. The molecular weight excluding hydrogens is 238 g/mol. The van der Waals surface area contributed by atoms with Gasteiger partial charge in [0.25, 0.3) is 6.29 Å². The molecule has 1 rings (SSSR count). The fourth-order valence-electron chi connectivity index (χ4n) is 1.20. The third-order valence-electron chi connectivity index (χ3n) is 1.85. The fourth-order valence-corrected chi connectivity index (χ4v) is 1.20. The summed E-state index contributed by atoms with van der Waals surface area (Å²) in [6.45, 7) is 2.32. The Balaban J connectivity index is 2.65. The largest absolute Gasteiger partial charge is 0.458 e. The van der Waals surface area contributed by atoms with Gasteiger partial charge in [-0.2, -0.15) is 0 Å². The summed E-state index contributed by atoms with van der Waals surface area (Å²) >= 11 is 0. The van der Waals surface area contributed by atoms with E-state index < -0.39 is 18.2 Å². The van der Waals surface area contributed by atoms with Crippen molar-refractivity contribution in [1.29, 1.82) is 0 Å². The molecule has 0 spiro atoms. The van der Waals surface area contributed by atoms with Crippen molar-refractivity contribution in [3.63, 3.8) is 0 Å². The SMILES string of the molecule is CC(=O)OCC(OC(C)=O)Oc1cccc(N)c1. The third-order valence-corrected chi connectivity index (χ3v) is 1.85. The maximum absolute atomic E-state index is 10.9. The van der Waals surface area contributed by atoms with Gasteiger partial charge in [-0.3, -0.25) is 9.59 Å². The number of nitrogen functional groups attached to an aromatic ring is 1. The second-order valence-corrected chi connectivity index (χ2v) is 3.53. The molecule has 0 amide bonds. The first-order valence-electron chi connectivity index (χ1n) is 5.30. The van der Waals surface area contributed by atoms with Crippen LogP contribution in [0.5, 0.6) is 5.75 Å². The second kappa shape index (κ2) is 6.48. The molecule has 0 aromatic heterocycles. The van der Waals surface area contributed by atoms with Crippen LogP contribution in [0.15, 0.2) is 24.3 Å². The fraction of sp³-hybridized carbons (Fsp3) is 0.333. The maximum atomic E-state index is 10.9. The Labute approximate surface area is 105 Å². The van der Waals surface area contributed by atoms with E-state index in [1.807, 2.05) is 0 Å². The third kappa shape index (κ3) is 5.20. The number of ether oxygens (including phenoxy) is 3. The number of nitrogens with two attached hydrogens (primary N) is 1. The summed E-state index contributed by atoms with van der Waals surface area (Å²) in [6.07, 6.45) is -0.992. The molecule has 0 aliphatic carbocycles. The summed E-state index contributed by atoms with van der Waals surface area (Å²) in [5.41, 5.74) is 6.10. The topological polar surface area (TPSA) is 87.8 Å². The maximum Gasteiger partial charge on any atom is 0.305 e. The first-order chi connectivity index (χ1) is 8.47. The van der Waals surface area contributed by atoms with Crippen LogP contribution in [0.3, 0.4) is 0 Å². The molecule has 0 radical (unpaired) electrons. The normalized spacial score (nSPS) is 11.4. The molecule has 1 aromatic carbocycles. The summed E-state index contributed by atoms with van der Waals surface area (Å²) in [5, 5.41) is 0. The van der Waals surface area contributed by atoms with Crippen LogP contribution in [0.1, 0.15) is 13.8 Å². The van der Waals surface area contributed by atoms with Gasteiger partial charge in [-0.05, 0) is 12.1 Å². The summed E-state index contributed by atoms with van der Waals surface area (Å²) in [7, 11) is 0. The van der Waals surface area contributed by atoms with Crippen molar-refractivity contribution in [3.8, 4) is 5.75 Å². The lowest BCUT2D eigenvalue weighted by Crippen LogP contribution is -2.29. The standard InChI is InChI=1S/C12H15NO5/c1-8(14)16-7-12(17-9(2)15)18-11-5-3-4-10(13)6-11/h3-6,12H,7,13H2,1-2H3. The Kier molecular flexibility index (Phi) is 4.98. The van der Waals surface area contributed by atoms with Crippen molar-refractivity contribution in [1.82, 2.24) is 0 Å². The monoisotopic (exact) mass is 253 g/mol. The van der Waals surface area contributed by atoms with Crippen LogP contribution in [0.25, 0.3) is 0 Å². The summed E-state index contributed by atoms with van der Waals surface area (Å²) in [5.74, 6) is -0.590. The average molecular weight is 253 g/mol. The van der Waals surface area contributed by atoms with Gasteiger partial charge in [-0.15, -0.1) is 0 Å². The van der Waals surface area contributed by atoms with Gasteiger partial charge in [0.1, 0.15) is 5.75 Å². The van der Waals surface area contributed by atoms with Gasteiger partial charge < -0.3 is 19.9 Å². The van der Waals surface area contributed by atoms with Gasteiger partial charge in [-0.1, -0.05) is 6.07 Å². The first-order valence-corrected chi connectivity index (χ1v) is 5.30. The van der Waals surface area contributed by atoms with Crippen molar-refractivity contribution in [2.75, 3.05) is 12.3 Å². The van der Waals surface area contributed by atoms with E-state index in [4.69, 9.17) is 19.9 Å². The molecule has 1 unspecified atom stereocenters. The molecule has 0 heterocycles. The van der Waals surface area contributed by atoms with Gasteiger partial charge in [0.05, 0.1) is 0 Å². The number of anilines is 1. The first kappa shape index (κ1) is 13.8. The lowest BCUT2D eigenvalue weighted by Gasteiger charge is -2.18. The van der Waals surface area contributed by atoms with Crippen LogP contribution >= 0.6 is 0 Å². The molecule has 0 saturated heterocycles. The van der Waals surface area contributed by atoms with Crippen LogP contribution < -0.4 is 10.5 Å². The number of benzene rings is 1. The molecule has 0 aliphatic heterocycles. The Morgan fingerprint density at radius 2 is 2.00 bits per heavy atom. The number of carbonyl (C=O) groups is 2. The van der Waals surface area contributed by atoms with Crippen LogP contribution in [0, 0.1) is 0 Å². The zero-order valence-electron chi connectivity index (χ0n) is 10.2. The Hall–Kier alpha value is -2.24. The smallest absolute Gasteiger partial charge is 0.305 e.